The van der Waals surface area contributed by atoms with Gasteiger partial charge in [0.25, 0.3) is 0 Å². The number of hydrogen-bond donors (Lipinski definition) is 0. The van der Waals surface area contributed by atoms with E-state index in [4.69, 9.17) is 4.74 Å². The number of rotatable bonds is 2. The summed E-state index contributed by atoms with van der Waals surface area (Å²) in [5.74, 6) is 0.892. The number of benzene rings is 4. The molecule has 0 fully saturated rings. The van der Waals surface area contributed by atoms with Crippen LogP contribution in [0.25, 0.3) is 32.7 Å². The first-order valence-electron chi connectivity index (χ1n) is 7.82. The van der Waals surface area contributed by atoms with E-state index in [1.807, 2.05) is 6.07 Å². The third-order valence-electron chi connectivity index (χ3n) is 4.39. The van der Waals surface area contributed by atoms with Crippen molar-refractivity contribution in [1.29, 1.82) is 0 Å². The lowest BCUT2D eigenvalue weighted by Crippen LogP contribution is -1.85. The zero-order valence-corrected chi connectivity index (χ0v) is 13.3. The van der Waals surface area contributed by atoms with Crippen LogP contribution in [-0.4, -0.2) is 7.11 Å². The molecule has 4 aromatic carbocycles. The van der Waals surface area contributed by atoms with Crippen molar-refractivity contribution in [3.63, 3.8) is 0 Å². The summed E-state index contributed by atoms with van der Waals surface area (Å²) in [5, 5.41) is 5.01. The second-order valence-corrected chi connectivity index (χ2v) is 5.96. The number of fused-ring (bicyclic) bond motifs is 2. The number of aryl methyl sites for hydroxylation is 1. The molecule has 0 heterocycles. The Kier molecular flexibility index (Phi) is 3.27. The first-order valence-corrected chi connectivity index (χ1v) is 7.82. The fourth-order valence-electron chi connectivity index (χ4n) is 3.17. The lowest BCUT2D eigenvalue weighted by atomic mass is 9.96. The molecule has 0 bridgehead atoms. The van der Waals surface area contributed by atoms with Crippen LogP contribution in [0.2, 0.25) is 0 Å². The van der Waals surface area contributed by atoms with Crippen molar-refractivity contribution in [3.8, 4) is 16.9 Å². The number of hydrogen-bond acceptors (Lipinski definition) is 1. The molecule has 0 saturated heterocycles. The summed E-state index contributed by atoms with van der Waals surface area (Å²) in [5.41, 5.74) is 3.80. The third-order valence-corrected chi connectivity index (χ3v) is 4.39. The predicted octanol–water partition coefficient (Wildman–Crippen LogP) is 5.98. The van der Waals surface area contributed by atoms with Gasteiger partial charge in [0.1, 0.15) is 5.75 Å². The maximum Gasteiger partial charge on any atom is 0.119 e. The molecule has 0 radical (unpaired) electrons. The van der Waals surface area contributed by atoms with Gasteiger partial charge in [-0.15, -0.1) is 0 Å². The van der Waals surface area contributed by atoms with Gasteiger partial charge in [0.05, 0.1) is 7.11 Å². The topological polar surface area (TPSA) is 9.23 Å². The van der Waals surface area contributed by atoms with Crippen LogP contribution in [0.1, 0.15) is 5.56 Å². The van der Waals surface area contributed by atoms with Crippen molar-refractivity contribution in [2.75, 3.05) is 7.11 Å². The van der Waals surface area contributed by atoms with Crippen molar-refractivity contribution in [2.45, 2.75) is 6.92 Å². The third kappa shape index (κ3) is 2.44. The Bertz CT molecular complexity index is 1010. The average molecular weight is 298 g/mol. The lowest BCUT2D eigenvalue weighted by molar-refractivity contribution is 0.415. The van der Waals surface area contributed by atoms with Crippen LogP contribution < -0.4 is 4.74 Å². The van der Waals surface area contributed by atoms with Crippen LogP contribution >= 0.6 is 0 Å². The highest BCUT2D eigenvalue weighted by molar-refractivity contribution is 5.99. The summed E-state index contributed by atoms with van der Waals surface area (Å²) in [6.07, 6.45) is 0. The van der Waals surface area contributed by atoms with E-state index in [1.165, 1.54) is 38.2 Å². The second kappa shape index (κ2) is 5.44. The van der Waals surface area contributed by atoms with E-state index in [0.29, 0.717) is 0 Å². The Hall–Kier alpha value is -2.80. The molecule has 4 aromatic rings. The first-order chi connectivity index (χ1) is 11.2. The Morgan fingerprint density at radius 3 is 2.39 bits per heavy atom. The molecule has 0 aliphatic carbocycles. The van der Waals surface area contributed by atoms with Crippen LogP contribution in [0.3, 0.4) is 0 Å². The van der Waals surface area contributed by atoms with Gasteiger partial charge in [0, 0.05) is 0 Å². The molecular formula is C22H18O. The highest BCUT2D eigenvalue weighted by atomic mass is 16.5. The summed E-state index contributed by atoms with van der Waals surface area (Å²) < 4.78 is 5.34. The van der Waals surface area contributed by atoms with E-state index in [1.54, 1.807) is 7.11 Å². The van der Waals surface area contributed by atoms with Crippen LogP contribution in [0, 0.1) is 6.92 Å². The lowest BCUT2D eigenvalue weighted by Gasteiger charge is -2.10. The summed E-state index contributed by atoms with van der Waals surface area (Å²) in [7, 11) is 1.70. The molecule has 0 unspecified atom stereocenters. The van der Waals surface area contributed by atoms with E-state index < -0.39 is 0 Å². The molecule has 0 aromatic heterocycles. The molecule has 0 spiro atoms. The summed E-state index contributed by atoms with van der Waals surface area (Å²) in [6.45, 7) is 2.13. The summed E-state index contributed by atoms with van der Waals surface area (Å²) in [6, 6.07) is 26.0. The van der Waals surface area contributed by atoms with Gasteiger partial charge in [0.15, 0.2) is 0 Å². The van der Waals surface area contributed by atoms with Gasteiger partial charge < -0.3 is 4.74 Å². The van der Waals surface area contributed by atoms with Gasteiger partial charge in [-0.2, -0.15) is 0 Å². The van der Waals surface area contributed by atoms with Gasteiger partial charge in [-0.3, -0.25) is 0 Å². The van der Waals surface area contributed by atoms with Crippen molar-refractivity contribution < 1.29 is 4.74 Å². The molecule has 0 aliphatic heterocycles. The molecule has 4 rings (SSSR count). The monoisotopic (exact) mass is 298 g/mol. The number of methoxy groups -OCH3 is 1. The van der Waals surface area contributed by atoms with E-state index in [-0.39, 0.29) is 0 Å². The minimum absolute atomic E-state index is 0.892. The maximum absolute atomic E-state index is 5.34. The van der Waals surface area contributed by atoms with Crippen LogP contribution in [0.15, 0.2) is 72.8 Å². The molecule has 0 aliphatic rings. The maximum atomic E-state index is 5.34. The minimum atomic E-state index is 0.892. The SMILES string of the molecule is COc1ccc2c(-c3ccc4cc(C)ccc4c3)cccc2c1. The van der Waals surface area contributed by atoms with Gasteiger partial charge >= 0.3 is 0 Å². The van der Waals surface area contributed by atoms with E-state index in [2.05, 4.69) is 73.7 Å². The Morgan fingerprint density at radius 1 is 0.696 bits per heavy atom. The average Bonchev–Trinajstić information content (AvgIpc) is 2.60. The fraction of sp³-hybridized carbons (Fsp3) is 0.0909. The Balaban J connectivity index is 1.93. The zero-order valence-electron chi connectivity index (χ0n) is 13.3. The van der Waals surface area contributed by atoms with Gasteiger partial charge in [-0.1, -0.05) is 60.2 Å². The van der Waals surface area contributed by atoms with Crippen molar-refractivity contribution in [1.82, 2.24) is 0 Å². The first kappa shape index (κ1) is 13.8. The zero-order chi connectivity index (χ0) is 15.8. The number of ether oxygens (including phenoxy) is 1. The molecule has 0 N–H and O–H groups in total. The highest BCUT2D eigenvalue weighted by Gasteiger charge is 2.06. The van der Waals surface area contributed by atoms with Crippen LogP contribution in [0.4, 0.5) is 0 Å². The van der Waals surface area contributed by atoms with Crippen molar-refractivity contribution >= 4 is 21.5 Å². The van der Waals surface area contributed by atoms with Crippen LogP contribution in [0.5, 0.6) is 5.75 Å². The van der Waals surface area contributed by atoms with Gasteiger partial charge in [-0.05, 0) is 57.8 Å². The molecule has 0 amide bonds. The molecule has 0 atom stereocenters. The summed E-state index contributed by atoms with van der Waals surface area (Å²) >= 11 is 0. The quantitative estimate of drug-likeness (QED) is 0.442. The minimum Gasteiger partial charge on any atom is -0.497 e. The molecule has 112 valence electrons. The van der Waals surface area contributed by atoms with Crippen molar-refractivity contribution in [2.24, 2.45) is 0 Å². The van der Waals surface area contributed by atoms with E-state index in [9.17, 15) is 0 Å². The highest BCUT2D eigenvalue weighted by Crippen LogP contribution is 2.32. The molecule has 0 saturated carbocycles. The summed E-state index contributed by atoms with van der Waals surface area (Å²) in [4.78, 5) is 0. The normalized spacial score (nSPS) is 11.0. The molecular weight excluding hydrogens is 280 g/mol. The van der Waals surface area contributed by atoms with Gasteiger partial charge in [0.2, 0.25) is 0 Å². The smallest absolute Gasteiger partial charge is 0.119 e. The molecule has 1 nitrogen and oxygen atoms in total. The largest absolute Gasteiger partial charge is 0.497 e. The fourth-order valence-corrected chi connectivity index (χ4v) is 3.17. The molecule has 1 heteroatoms. The predicted molar refractivity (Wildman–Crippen MR) is 98.2 cm³/mol. The van der Waals surface area contributed by atoms with Crippen LogP contribution in [-0.2, 0) is 0 Å². The van der Waals surface area contributed by atoms with Crippen molar-refractivity contribution in [3.05, 3.63) is 78.4 Å². The Labute approximate surface area is 136 Å². The molecule has 23 heavy (non-hydrogen) atoms. The Morgan fingerprint density at radius 2 is 1.52 bits per heavy atom. The van der Waals surface area contributed by atoms with E-state index in [0.717, 1.165) is 5.75 Å². The van der Waals surface area contributed by atoms with Gasteiger partial charge in [-0.25, -0.2) is 0 Å². The second-order valence-electron chi connectivity index (χ2n) is 5.96. The standard InChI is InChI=1S/C22H18O/c1-15-6-7-17-13-19(9-8-16(17)12-15)21-5-3-4-18-14-20(23-2)10-11-22(18)21/h3-14H,1-2H3. The van der Waals surface area contributed by atoms with E-state index >= 15 is 0 Å².